The van der Waals surface area contributed by atoms with E-state index in [1.54, 1.807) is 0 Å². The number of ketones is 1. The molecule has 0 bridgehead atoms. The average Bonchev–Trinajstić information content (AvgIpc) is 2.62. The molecule has 1 aromatic heterocycles. The third-order valence-corrected chi connectivity index (χ3v) is 2.07. The third-order valence-electron chi connectivity index (χ3n) is 1.90. The highest BCUT2D eigenvalue weighted by molar-refractivity contribution is 6.67. The summed E-state index contributed by atoms with van der Waals surface area (Å²) in [6.07, 6.45) is 3.47. The SMILES string of the molecule is CCCCC(=O)c1ccoc1C(=O)Cl. The van der Waals surface area contributed by atoms with Crippen molar-refractivity contribution in [1.82, 2.24) is 0 Å². The van der Waals surface area contributed by atoms with Gasteiger partial charge in [-0.1, -0.05) is 13.3 Å². The first-order valence-corrected chi connectivity index (χ1v) is 4.85. The van der Waals surface area contributed by atoms with Gasteiger partial charge in [-0.05, 0) is 24.1 Å². The van der Waals surface area contributed by atoms with Crippen molar-refractivity contribution in [2.45, 2.75) is 26.2 Å². The zero-order valence-electron chi connectivity index (χ0n) is 7.88. The first kappa shape index (κ1) is 11.0. The van der Waals surface area contributed by atoms with Gasteiger partial charge in [0.15, 0.2) is 11.5 Å². The normalized spacial score (nSPS) is 10.1. The standard InChI is InChI=1S/C10H11ClO3/c1-2-3-4-8(12)7-5-6-14-9(7)10(11)13/h5-6H,2-4H2,1H3. The zero-order valence-corrected chi connectivity index (χ0v) is 8.63. The topological polar surface area (TPSA) is 47.3 Å². The minimum Gasteiger partial charge on any atom is -0.459 e. The van der Waals surface area contributed by atoms with Gasteiger partial charge in [-0.25, -0.2) is 0 Å². The Bertz CT molecular complexity index is 341. The number of hydrogen-bond acceptors (Lipinski definition) is 3. The minimum atomic E-state index is -0.727. The van der Waals surface area contributed by atoms with Crippen LogP contribution in [-0.4, -0.2) is 11.0 Å². The molecular formula is C10H11ClO3. The van der Waals surface area contributed by atoms with E-state index < -0.39 is 5.24 Å². The lowest BCUT2D eigenvalue weighted by molar-refractivity contribution is 0.0965. The maximum absolute atomic E-state index is 11.5. The summed E-state index contributed by atoms with van der Waals surface area (Å²) in [6.45, 7) is 2.00. The number of rotatable bonds is 5. The Morgan fingerprint density at radius 3 is 2.79 bits per heavy atom. The van der Waals surface area contributed by atoms with Crippen molar-refractivity contribution >= 4 is 22.6 Å². The van der Waals surface area contributed by atoms with E-state index in [0.717, 1.165) is 12.8 Å². The molecule has 0 unspecified atom stereocenters. The molecule has 1 rings (SSSR count). The Morgan fingerprint density at radius 1 is 1.50 bits per heavy atom. The Kier molecular flexibility index (Phi) is 3.89. The number of unbranched alkanes of at least 4 members (excludes halogenated alkanes) is 1. The lowest BCUT2D eigenvalue weighted by atomic mass is 10.1. The molecule has 0 spiro atoms. The molecule has 0 aliphatic carbocycles. The van der Waals surface area contributed by atoms with E-state index in [4.69, 9.17) is 16.0 Å². The van der Waals surface area contributed by atoms with Crippen LogP contribution in [0.5, 0.6) is 0 Å². The van der Waals surface area contributed by atoms with E-state index in [1.807, 2.05) is 6.92 Å². The van der Waals surface area contributed by atoms with E-state index in [0.29, 0.717) is 12.0 Å². The zero-order chi connectivity index (χ0) is 10.6. The summed E-state index contributed by atoms with van der Waals surface area (Å²) >= 11 is 5.24. The summed E-state index contributed by atoms with van der Waals surface area (Å²) in [5.41, 5.74) is 0.290. The van der Waals surface area contributed by atoms with Crippen molar-refractivity contribution < 1.29 is 14.0 Å². The molecule has 0 aliphatic rings. The predicted molar refractivity (Wildman–Crippen MR) is 52.7 cm³/mol. The summed E-state index contributed by atoms with van der Waals surface area (Å²) in [7, 11) is 0. The van der Waals surface area contributed by atoms with Crippen LogP contribution in [0.4, 0.5) is 0 Å². The van der Waals surface area contributed by atoms with Crippen LogP contribution in [0.2, 0.25) is 0 Å². The molecule has 0 atom stereocenters. The van der Waals surface area contributed by atoms with Gasteiger partial charge in [-0.2, -0.15) is 0 Å². The van der Waals surface area contributed by atoms with E-state index in [2.05, 4.69) is 0 Å². The molecule has 0 radical (unpaired) electrons. The summed E-state index contributed by atoms with van der Waals surface area (Å²) in [6, 6.07) is 1.48. The molecule has 1 aromatic rings. The van der Waals surface area contributed by atoms with E-state index >= 15 is 0 Å². The van der Waals surface area contributed by atoms with Crippen molar-refractivity contribution in [3.63, 3.8) is 0 Å². The molecule has 0 fully saturated rings. The first-order valence-electron chi connectivity index (χ1n) is 4.47. The number of carbonyl (C=O) groups is 2. The molecule has 0 aliphatic heterocycles. The molecule has 0 saturated heterocycles. The molecule has 0 aromatic carbocycles. The summed E-state index contributed by atoms with van der Waals surface area (Å²) in [4.78, 5) is 22.3. The largest absolute Gasteiger partial charge is 0.459 e. The Morgan fingerprint density at radius 2 is 2.21 bits per heavy atom. The number of hydrogen-bond donors (Lipinski definition) is 0. The second kappa shape index (κ2) is 4.96. The molecule has 3 nitrogen and oxygen atoms in total. The number of halogens is 1. The number of furan rings is 1. The highest BCUT2D eigenvalue weighted by atomic mass is 35.5. The van der Waals surface area contributed by atoms with Crippen LogP contribution in [0, 0.1) is 0 Å². The Hall–Kier alpha value is -1.09. The highest BCUT2D eigenvalue weighted by Crippen LogP contribution is 2.16. The van der Waals surface area contributed by atoms with Crippen molar-refractivity contribution in [1.29, 1.82) is 0 Å². The van der Waals surface area contributed by atoms with Crippen molar-refractivity contribution in [3.05, 3.63) is 23.7 Å². The molecule has 14 heavy (non-hydrogen) atoms. The van der Waals surface area contributed by atoms with Crippen LogP contribution >= 0.6 is 11.6 Å². The smallest absolute Gasteiger partial charge is 0.288 e. The quantitative estimate of drug-likeness (QED) is 0.559. The second-order valence-electron chi connectivity index (χ2n) is 2.96. The van der Waals surface area contributed by atoms with Gasteiger partial charge in [0, 0.05) is 6.42 Å². The average molecular weight is 215 g/mol. The maximum atomic E-state index is 11.5. The van der Waals surface area contributed by atoms with Gasteiger partial charge in [-0.3, -0.25) is 9.59 Å². The van der Waals surface area contributed by atoms with E-state index in [9.17, 15) is 9.59 Å². The van der Waals surface area contributed by atoms with Crippen LogP contribution < -0.4 is 0 Å². The molecular weight excluding hydrogens is 204 g/mol. The fourth-order valence-corrected chi connectivity index (χ4v) is 1.30. The van der Waals surface area contributed by atoms with Crippen LogP contribution in [-0.2, 0) is 0 Å². The van der Waals surface area contributed by atoms with Gasteiger partial charge in [-0.15, -0.1) is 0 Å². The fraction of sp³-hybridized carbons (Fsp3) is 0.400. The van der Waals surface area contributed by atoms with Gasteiger partial charge in [0.05, 0.1) is 11.8 Å². The van der Waals surface area contributed by atoms with Crippen LogP contribution in [0.25, 0.3) is 0 Å². The minimum absolute atomic E-state index is 0.0484. The van der Waals surface area contributed by atoms with Gasteiger partial charge < -0.3 is 4.42 Å². The summed E-state index contributed by atoms with van der Waals surface area (Å²) in [5, 5.41) is -0.727. The molecule has 1 heterocycles. The molecule has 0 N–H and O–H groups in total. The van der Waals surface area contributed by atoms with Gasteiger partial charge in [0.1, 0.15) is 0 Å². The fourth-order valence-electron chi connectivity index (χ4n) is 1.15. The van der Waals surface area contributed by atoms with Crippen LogP contribution in [0.3, 0.4) is 0 Å². The van der Waals surface area contributed by atoms with E-state index in [1.165, 1.54) is 12.3 Å². The molecule has 0 saturated carbocycles. The monoisotopic (exact) mass is 214 g/mol. The highest BCUT2D eigenvalue weighted by Gasteiger charge is 2.18. The van der Waals surface area contributed by atoms with Crippen LogP contribution in [0.1, 0.15) is 47.1 Å². The molecule has 4 heteroatoms. The van der Waals surface area contributed by atoms with Crippen LogP contribution in [0.15, 0.2) is 16.7 Å². The first-order chi connectivity index (χ1) is 6.66. The maximum Gasteiger partial charge on any atom is 0.288 e. The predicted octanol–water partition coefficient (Wildman–Crippen LogP) is 3.03. The molecule has 76 valence electrons. The number of Topliss-reactive ketones (excluding diaryl/α,β-unsaturated/α-hetero) is 1. The number of carbonyl (C=O) groups excluding carboxylic acids is 2. The lowest BCUT2D eigenvalue weighted by Crippen LogP contribution is -2.02. The third kappa shape index (κ3) is 2.45. The lowest BCUT2D eigenvalue weighted by Gasteiger charge is -1.97. The van der Waals surface area contributed by atoms with Crippen molar-refractivity contribution in [3.8, 4) is 0 Å². The van der Waals surface area contributed by atoms with Crippen molar-refractivity contribution in [2.24, 2.45) is 0 Å². The van der Waals surface area contributed by atoms with E-state index in [-0.39, 0.29) is 11.5 Å². The molecule has 0 amide bonds. The van der Waals surface area contributed by atoms with Gasteiger partial charge in [0.25, 0.3) is 5.24 Å². The Balaban J connectivity index is 2.79. The second-order valence-corrected chi connectivity index (χ2v) is 3.31. The summed E-state index contributed by atoms with van der Waals surface area (Å²) in [5.74, 6) is -0.141. The van der Waals surface area contributed by atoms with Gasteiger partial charge in [0.2, 0.25) is 0 Å². The van der Waals surface area contributed by atoms with Crippen molar-refractivity contribution in [2.75, 3.05) is 0 Å². The Labute approximate surface area is 87.0 Å². The van der Waals surface area contributed by atoms with Gasteiger partial charge >= 0.3 is 0 Å². The summed E-state index contributed by atoms with van der Waals surface area (Å²) < 4.78 is 4.82.